The molecule has 0 saturated heterocycles. The predicted octanol–water partition coefficient (Wildman–Crippen LogP) is 7.51. The maximum atomic E-state index is 14.4. The molecule has 1 fully saturated rings. The van der Waals surface area contributed by atoms with Crippen molar-refractivity contribution in [3.05, 3.63) is 86.8 Å². The van der Waals surface area contributed by atoms with Crippen molar-refractivity contribution in [2.24, 2.45) is 0 Å². The summed E-state index contributed by atoms with van der Waals surface area (Å²) in [5.41, 5.74) is 6.14. The summed E-state index contributed by atoms with van der Waals surface area (Å²) in [7, 11) is 3.69. The molecule has 3 aromatic carbocycles. The molecule has 0 radical (unpaired) electrons. The zero-order chi connectivity index (χ0) is 28.4. The van der Waals surface area contributed by atoms with E-state index in [2.05, 4.69) is 37.4 Å². The van der Waals surface area contributed by atoms with E-state index in [1.807, 2.05) is 48.3 Å². The molecule has 5 nitrogen and oxygen atoms in total. The molecule has 5 rings (SSSR count). The van der Waals surface area contributed by atoms with E-state index < -0.39 is 0 Å². The third-order valence-electron chi connectivity index (χ3n) is 8.28. The van der Waals surface area contributed by atoms with E-state index in [0.29, 0.717) is 22.5 Å². The van der Waals surface area contributed by atoms with Gasteiger partial charge >= 0.3 is 0 Å². The van der Waals surface area contributed by atoms with Gasteiger partial charge in [0.1, 0.15) is 10.6 Å². The van der Waals surface area contributed by atoms with Crippen LogP contribution in [0.15, 0.2) is 54.6 Å². The first-order valence-corrected chi connectivity index (χ1v) is 15.1. The lowest BCUT2D eigenvalue weighted by molar-refractivity contribution is 0.0604. The van der Waals surface area contributed by atoms with Gasteiger partial charge in [0.15, 0.2) is 0 Å². The largest absolute Gasteiger partial charge is 0.496 e. The average molecular weight is 577 g/mol. The number of halogens is 1. The maximum absolute atomic E-state index is 14.4. The molecule has 1 aliphatic carbocycles. The van der Waals surface area contributed by atoms with E-state index in [4.69, 9.17) is 16.3 Å². The predicted molar refractivity (Wildman–Crippen MR) is 166 cm³/mol. The molecule has 1 aromatic heterocycles. The van der Waals surface area contributed by atoms with Crippen LogP contribution in [-0.2, 0) is 13.2 Å². The number of rotatable bonds is 8. The Hall–Kier alpha value is -2.90. The van der Waals surface area contributed by atoms with Crippen molar-refractivity contribution >= 4 is 38.9 Å². The molecule has 7 heteroatoms. The van der Waals surface area contributed by atoms with E-state index in [9.17, 15) is 9.90 Å². The lowest BCUT2D eigenvalue weighted by atomic mass is 9.89. The summed E-state index contributed by atoms with van der Waals surface area (Å²) in [5.74, 6) is 0.740. The number of aliphatic hydroxyl groups excluding tert-OH is 1. The first kappa shape index (κ1) is 28.6. The SMILES string of the molecule is CN[C@H]1CC[C@@H](N(Cc2cc(-c3ccc(CO)cc3)ccc2OC)C(=O)c2sc3c(C)ccc(C)c3c2Cl)CC1. The van der Waals surface area contributed by atoms with Crippen LogP contribution in [-0.4, -0.2) is 42.2 Å². The van der Waals surface area contributed by atoms with E-state index in [-0.39, 0.29) is 18.6 Å². The van der Waals surface area contributed by atoms with Gasteiger partial charge in [0.2, 0.25) is 0 Å². The summed E-state index contributed by atoms with van der Waals surface area (Å²) < 4.78 is 6.86. The minimum Gasteiger partial charge on any atom is -0.496 e. The van der Waals surface area contributed by atoms with E-state index in [0.717, 1.165) is 74.9 Å². The Morgan fingerprint density at radius 1 is 1.02 bits per heavy atom. The summed E-state index contributed by atoms with van der Waals surface area (Å²) in [5, 5.41) is 14.4. The molecular weight excluding hydrogens is 540 g/mol. The standard InChI is InChI=1S/C33H37ClN2O3S/c1-20-5-6-21(2)31-29(20)30(34)32(40-31)33(38)36(27-14-12-26(35-3)13-15-27)18-25-17-24(11-16-28(25)39-4)23-9-7-22(19-37)8-10-23/h5-11,16-17,26-27,35,37H,12-15,18-19H2,1-4H3/t26-,27+. The van der Waals surface area contributed by atoms with Gasteiger partial charge in [-0.15, -0.1) is 11.3 Å². The molecule has 0 spiro atoms. The van der Waals surface area contributed by atoms with Gasteiger partial charge in [-0.05, 0) is 86.5 Å². The Morgan fingerprint density at radius 2 is 1.70 bits per heavy atom. The quantitative estimate of drug-likeness (QED) is 0.228. The highest BCUT2D eigenvalue weighted by Crippen LogP contribution is 2.41. The third kappa shape index (κ3) is 5.64. The van der Waals surface area contributed by atoms with Crippen molar-refractivity contribution in [2.45, 2.75) is 64.8 Å². The Labute approximate surface area is 245 Å². The number of methoxy groups -OCH3 is 1. The zero-order valence-electron chi connectivity index (χ0n) is 23.6. The van der Waals surface area contributed by atoms with Crippen LogP contribution in [0.2, 0.25) is 5.02 Å². The van der Waals surface area contributed by atoms with Crippen molar-refractivity contribution < 1.29 is 14.6 Å². The van der Waals surface area contributed by atoms with Gasteiger partial charge in [0.25, 0.3) is 5.91 Å². The number of amides is 1. The second-order valence-corrected chi connectivity index (χ2v) is 12.2. The van der Waals surface area contributed by atoms with Crippen LogP contribution in [0.4, 0.5) is 0 Å². The van der Waals surface area contributed by atoms with Crippen molar-refractivity contribution in [2.75, 3.05) is 14.2 Å². The van der Waals surface area contributed by atoms with Crippen LogP contribution < -0.4 is 10.1 Å². The van der Waals surface area contributed by atoms with Gasteiger partial charge in [-0.1, -0.05) is 54.1 Å². The number of aryl methyl sites for hydroxylation is 2. The normalized spacial score (nSPS) is 17.2. The molecule has 1 saturated carbocycles. The topological polar surface area (TPSA) is 61.8 Å². The van der Waals surface area contributed by atoms with E-state index in [1.165, 1.54) is 11.3 Å². The molecule has 1 amide bonds. The number of nitrogens with zero attached hydrogens (tertiary/aromatic N) is 1. The highest BCUT2D eigenvalue weighted by atomic mass is 35.5. The number of carbonyl (C=O) groups is 1. The number of fused-ring (bicyclic) bond motifs is 1. The molecular formula is C33H37ClN2O3S. The fourth-order valence-electron chi connectivity index (χ4n) is 5.83. The van der Waals surface area contributed by atoms with Gasteiger partial charge in [0, 0.05) is 34.3 Å². The molecule has 0 unspecified atom stereocenters. The van der Waals surface area contributed by atoms with Gasteiger partial charge < -0.3 is 20.1 Å². The lowest BCUT2D eigenvalue weighted by Gasteiger charge is -2.37. The minimum absolute atomic E-state index is 0.0142. The van der Waals surface area contributed by atoms with Crippen molar-refractivity contribution in [3.63, 3.8) is 0 Å². The summed E-state index contributed by atoms with van der Waals surface area (Å²) in [6.07, 6.45) is 3.92. The van der Waals surface area contributed by atoms with Crippen LogP contribution >= 0.6 is 22.9 Å². The number of nitrogens with one attached hydrogen (secondary N) is 1. The fourth-order valence-corrected chi connectivity index (χ4v) is 7.52. The van der Waals surface area contributed by atoms with Crippen molar-refractivity contribution in [3.8, 4) is 16.9 Å². The van der Waals surface area contributed by atoms with Crippen LogP contribution in [0, 0.1) is 13.8 Å². The number of ether oxygens (including phenoxy) is 1. The van der Waals surface area contributed by atoms with Crippen LogP contribution in [0.5, 0.6) is 5.75 Å². The van der Waals surface area contributed by atoms with Crippen LogP contribution in [0.3, 0.4) is 0 Å². The van der Waals surface area contributed by atoms with E-state index >= 15 is 0 Å². The van der Waals surface area contributed by atoms with Gasteiger partial charge in [-0.3, -0.25) is 4.79 Å². The number of hydrogen-bond acceptors (Lipinski definition) is 5. The Morgan fingerprint density at radius 3 is 2.33 bits per heavy atom. The van der Waals surface area contributed by atoms with Gasteiger partial charge in [0.05, 0.1) is 18.7 Å². The second-order valence-electron chi connectivity index (χ2n) is 10.8. The zero-order valence-corrected chi connectivity index (χ0v) is 25.2. The highest BCUT2D eigenvalue weighted by molar-refractivity contribution is 7.21. The van der Waals surface area contributed by atoms with Crippen molar-refractivity contribution in [1.82, 2.24) is 10.2 Å². The molecule has 1 heterocycles. The third-order valence-corrected chi connectivity index (χ3v) is 10.1. The van der Waals surface area contributed by atoms with Gasteiger partial charge in [-0.25, -0.2) is 0 Å². The number of aliphatic hydroxyl groups is 1. The molecule has 4 aromatic rings. The molecule has 210 valence electrons. The summed E-state index contributed by atoms with van der Waals surface area (Å²) >= 11 is 8.47. The minimum atomic E-state index is -0.0161. The Kier molecular flexibility index (Phi) is 8.81. The Bertz CT molecular complexity index is 1510. The number of carbonyl (C=O) groups excluding carboxylic acids is 1. The Balaban J connectivity index is 1.55. The van der Waals surface area contributed by atoms with E-state index in [1.54, 1.807) is 7.11 Å². The second kappa shape index (κ2) is 12.3. The molecule has 2 N–H and O–H groups in total. The van der Waals surface area contributed by atoms with Crippen LogP contribution in [0.1, 0.15) is 57.6 Å². The number of hydrogen-bond donors (Lipinski definition) is 2. The summed E-state index contributed by atoms with van der Waals surface area (Å²) in [4.78, 5) is 17.1. The monoisotopic (exact) mass is 576 g/mol. The molecule has 0 atom stereocenters. The average Bonchev–Trinajstić information content (AvgIpc) is 3.35. The highest BCUT2D eigenvalue weighted by Gasteiger charge is 2.32. The molecule has 0 aliphatic heterocycles. The number of thiophene rings is 1. The molecule has 40 heavy (non-hydrogen) atoms. The first-order valence-electron chi connectivity index (χ1n) is 13.9. The van der Waals surface area contributed by atoms with Gasteiger partial charge in [-0.2, -0.15) is 0 Å². The van der Waals surface area contributed by atoms with Crippen molar-refractivity contribution in [1.29, 1.82) is 0 Å². The fraction of sp³-hybridized carbons (Fsp3) is 0.364. The first-order chi connectivity index (χ1) is 19.3. The molecule has 0 bridgehead atoms. The summed E-state index contributed by atoms with van der Waals surface area (Å²) in [6.45, 7) is 4.57. The number of benzene rings is 3. The summed E-state index contributed by atoms with van der Waals surface area (Å²) in [6, 6.07) is 18.8. The molecule has 1 aliphatic rings. The smallest absolute Gasteiger partial charge is 0.266 e. The van der Waals surface area contributed by atoms with Crippen LogP contribution in [0.25, 0.3) is 21.2 Å². The maximum Gasteiger partial charge on any atom is 0.266 e. The lowest BCUT2D eigenvalue weighted by Crippen LogP contribution is -2.44.